The molecule has 0 aromatic heterocycles. The van der Waals surface area contributed by atoms with E-state index < -0.39 is 0 Å². The quantitative estimate of drug-likeness (QED) is 0.720. The summed E-state index contributed by atoms with van der Waals surface area (Å²) >= 11 is 5.13. The molecule has 0 bridgehead atoms. The van der Waals surface area contributed by atoms with Crippen molar-refractivity contribution in [3.05, 3.63) is 64.1 Å². The summed E-state index contributed by atoms with van der Waals surface area (Å²) < 4.78 is 1.06. The number of fused-ring (bicyclic) bond motifs is 1. The van der Waals surface area contributed by atoms with Crippen molar-refractivity contribution < 1.29 is 4.79 Å². The van der Waals surface area contributed by atoms with Crippen LogP contribution in [0.4, 0.5) is 0 Å². The number of ketones is 1. The molecular weight excluding hydrogens is 332 g/mol. The number of hydrogen-bond acceptors (Lipinski definition) is 2. The summed E-state index contributed by atoms with van der Waals surface area (Å²) in [5, 5.41) is 0. The lowest BCUT2D eigenvalue weighted by molar-refractivity contribution is -0.117. The van der Waals surface area contributed by atoms with Crippen molar-refractivity contribution in [3.63, 3.8) is 0 Å². The monoisotopic (exact) mass is 346 g/mol. The molecule has 2 aromatic carbocycles. The predicted octanol–water partition coefficient (Wildman–Crippen LogP) is 4.84. The van der Waals surface area contributed by atoms with Gasteiger partial charge in [0.2, 0.25) is 0 Å². The maximum Gasteiger partial charge on any atom is 0.143 e. The molecule has 0 saturated heterocycles. The van der Waals surface area contributed by atoms with Crippen molar-refractivity contribution in [2.24, 2.45) is 0 Å². The highest BCUT2D eigenvalue weighted by Crippen LogP contribution is 2.38. The number of benzene rings is 2. The van der Waals surface area contributed by atoms with E-state index in [9.17, 15) is 4.79 Å². The lowest BCUT2D eigenvalue weighted by Crippen LogP contribution is -2.20. The van der Waals surface area contributed by atoms with E-state index in [1.54, 1.807) is 11.8 Å². The fourth-order valence-electron chi connectivity index (χ4n) is 2.60. The number of thioether (sulfide) groups is 1. The minimum Gasteiger partial charge on any atom is -0.299 e. The minimum absolute atomic E-state index is 0.338. The van der Waals surface area contributed by atoms with Crippen molar-refractivity contribution in [3.8, 4) is 0 Å². The fourth-order valence-corrected chi connectivity index (χ4v) is 4.04. The molecule has 1 nitrogen and oxygen atoms in total. The smallest absolute Gasteiger partial charge is 0.143 e. The van der Waals surface area contributed by atoms with Gasteiger partial charge in [-0.1, -0.05) is 36.4 Å². The molecule has 0 amide bonds. The first-order valence-electron chi connectivity index (χ1n) is 6.71. The van der Waals surface area contributed by atoms with Crippen molar-refractivity contribution in [2.45, 2.75) is 23.7 Å². The second-order valence-corrected chi connectivity index (χ2v) is 6.93. The average molecular weight is 347 g/mol. The molecular formula is C17H15BrOS. The summed E-state index contributed by atoms with van der Waals surface area (Å²) in [5.41, 5.74) is 2.77. The Bertz CT molecular complexity index is 638. The van der Waals surface area contributed by atoms with Gasteiger partial charge in [0.25, 0.3) is 0 Å². The van der Waals surface area contributed by atoms with Crippen LogP contribution < -0.4 is 0 Å². The molecule has 1 aliphatic carbocycles. The lowest BCUT2D eigenvalue weighted by Gasteiger charge is -2.29. The maximum atomic E-state index is 12.1. The van der Waals surface area contributed by atoms with Gasteiger partial charge in [-0.25, -0.2) is 0 Å². The van der Waals surface area contributed by atoms with E-state index in [0.717, 1.165) is 15.8 Å². The van der Waals surface area contributed by atoms with Crippen molar-refractivity contribution in [2.75, 3.05) is 5.75 Å². The molecule has 0 spiro atoms. The standard InChI is InChI=1S/C17H15BrOS/c18-16-7-3-4-8-17(16)20-11-14(19)10-13-9-12-5-1-2-6-15(12)13/h1-8,13H,9-11H2. The molecule has 2 aromatic rings. The van der Waals surface area contributed by atoms with Crippen molar-refractivity contribution >= 4 is 33.5 Å². The first-order chi connectivity index (χ1) is 9.74. The van der Waals surface area contributed by atoms with Crippen LogP contribution in [0.1, 0.15) is 23.5 Å². The molecule has 0 radical (unpaired) electrons. The SMILES string of the molecule is O=C(CSc1ccccc1Br)CC1Cc2ccccc21. The summed E-state index contributed by atoms with van der Waals surface area (Å²) in [6.07, 6.45) is 1.73. The van der Waals surface area contributed by atoms with Gasteiger partial charge in [-0.2, -0.15) is 0 Å². The Hall–Kier alpha value is -1.06. The molecule has 1 aliphatic rings. The number of carbonyl (C=O) groups excluding carboxylic acids is 1. The van der Waals surface area contributed by atoms with E-state index in [4.69, 9.17) is 0 Å². The highest BCUT2D eigenvalue weighted by Gasteiger charge is 2.27. The van der Waals surface area contributed by atoms with E-state index in [2.05, 4.69) is 40.2 Å². The van der Waals surface area contributed by atoms with Gasteiger partial charge in [-0.3, -0.25) is 4.79 Å². The van der Waals surface area contributed by atoms with E-state index >= 15 is 0 Å². The summed E-state index contributed by atoms with van der Waals surface area (Å²) in [5.74, 6) is 1.34. The summed E-state index contributed by atoms with van der Waals surface area (Å²) in [7, 11) is 0. The molecule has 1 atom stereocenters. The third-order valence-electron chi connectivity index (χ3n) is 3.66. The number of carbonyl (C=O) groups is 1. The summed E-state index contributed by atoms with van der Waals surface area (Å²) in [4.78, 5) is 13.2. The zero-order chi connectivity index (χ0) is 13.9. The molecule has 0 aliphatic heterocycles. The van der Waals surface area contributed by atoms with Crippen LogP contribution in [-0.4, -0.2) is 11.5 Å². The third-order valence-corrected chi connectivity index (χ3v) is 5.75. The van der Waals surface area contributed by atoms with Gasteiger partial charge in [0.1, 0.15) is 5.78 Å². The third kappa shape index (κ3) is 2.99. The second-order valence-electron chi connectivity index (χ2n) is 5.06. The number of rotatable bonds is 5. The van der Waals surface area contributed by atoms with E-state index in [0.29, 0.717) is 23.9 Å². The van der Waals surface area contributed by atoms with Crippen LogP contribution in [-0.2, 0) is 11.2 Å². The van der Waals surface area contributed by atoms with Crippen LogP contribution in [0.2, 0.25) is 0 Å². The highest BCUT2D eigenvalue weighted by molar-refractivity contribution is 9.10. The number of halogens is 1. The molecule has 102 valence electrons. The maximum absolute atomic E-state index is 12.1. The Morgan fingerprint density at radius 2 is 1.90 bits per heavy atom. The molecule has 0 fully saturated rings. The van der Waals surface area contributed by atoms with Gasteiger partial charge in [-0.15, -0.1) is 11.8 Å². The topological polar surface area (TPSA) is 17.1 Å². The molecule has 0 heterocycles. The van der Waals surface area contributed by atoms with Crippen molar-refractivity contribution in [1.82, 2.24) is 0 Å². The van der Waals surface area contributed by atoms with Crippen LogP contribution in [0, 0.1) is 0 Å². The number of hydrogen-bond donors (Lipinski definition) is 0. The largest absolute Gasteiger partial charge is 0.299 e. The molecule has 20 heavy (non-hydrogen) atoms. The van der Waals surface area contributed by atoms with Crippen LogP contribution in [0.25, 0.3) is 0 Å². The van der Waals surface area contributed by atoms with E-state index in [-0.39, 0.29) is 0 Å². The van der Waals surface area contributed by atoms with Crippen molar-refractivity contribution in [1.29, 1.82) is 0 Å². The second kappa shape index (κ2) is 6.15. The zero-order valence-electron chi connectivity index (χ0n) is 11.0. The normalized spacial score (nSPS) is 16.4. The Morgan fingerprint density at radius 3 is 2.70 bits per heavy atom. The molecule has 0 N–H and O–H groups in total. The first-order valence-corrected chi connectivity index (χ1v) is 8.49. The van der Waals surface area contributed by atoms with Crippen LogP contribution in [0.3, 0.4) is 0 Å². The lowest BCUT2D eigenvalue weighted by atomic mass is 9.75. The van der Waals surface area contributed by atoms with Crippen LogP contribution >= 0.6 is 27.7 Å². The highest BCUT2D eigenvalue weighted by atomic mass is 79.9. The predicted molar refractivity (Wildman–Crippen MR) is 87.4 cm³/mol. The summed E-state index contributed by atoms with van der Waals surface area (Å²) in [6.45, 7) is 0. The van der Waals surface area contributed by atoms with Gasteiger partial charge in [0.05, 0.1) is 5.75 Å². The molecule has 3 heteroatoms. The van der Waals surface area contributed by atoms with Gasteiger partial charge in [0, 0.05) is 15.8 Å². The number of Topliss-reactive ketones (excluding diaryl/α,β-unsaturated/α-hetero) is 1. The molecule has 1 unspecified atom stereocenters. The Balaban J connectivity index is 1.53. The fraction of sp³-hybridized carbons (Fsp3) is 0.235. The van der Waals surface area contributed by atoms with Gasteiger partial charge < -0.3 is 0 Å². The van der Waals surface area contributed by atoms with E-state index in [1.165, 1.54) is 11.1 Å². The molecule has 3 rings (SSSR count). The minimum atomic E-state index is 0.338. The van der Waals surface area contributed by atoms with Gasteiger partial charge >= 0.3 is 0 Å². The Labute approximate surface area is 131 Å². The first kappa shape index (κ1) is 13.9. The zero-order valence-corrected chi connectivity index (χ0v) is 13.4. The summed E-state index contributed by atoms with van der Waals surface area (Å²) in [6, 6.07) is 16.5. The van der Waals surface area contributed by atoms with Gasteiger partial charge in [-0.05, 0) is 51.5 Å². The van der Waals surface area contributed by atoms with E-state index in [1.807, 2.05) is 24.3 Å². The Morgan fingerprint density at radius 1 is 1.15 bits per heavy atom. The Kier molecular flexibility index (Phi) is 4.27. The van der Waals surface area contributed by atoms with Crippen LogP contribution in [0.15, 0.2) is 57.9 Å². The van der Waals surface area contributed by atoms with Crippen LogP contribution in [0.5, 0.6) is 0 Å². The average Bonchev–Trinajstić information content (AvgIpc) is 2.44. The van der Waals surface area contributed by atoms with Gasteiger partial charge in [0.15, 0.2) is 0 Å². The molecule has 0 saturated carbocycles.